The van der Waals surface area contributed by atoms with Gasteiger partial charge in [-0.2, -0.15) is 0 Å². The highest BCUT2D eigenvalue weighted by Gasteiger charge is 2.38. The molecule has 2 aromatic carbocycles. The van der Waals surface area contributed by atoms with Gasteiger partial charge >= 0.3 is 0 Å². The molecule has 1 aliphatic rings. The summed E-state index contributed by atoms with van der Waals surface area (Å²) in [5.74, 6) is -1.62. The molecule has 1 aromatic heterocycles. The molecular weight excluding hydrogens is 470 g/mol. The fraction of sp³-hybridized carbons (Fsp3) is 0.348. The Labute approximate surface area is 201 Å². The van der Waals surface area contributed by atoms with Crippen molar-refractivity contribution in [1.82, 2.24) is 9.88 Å². The summed E-state index contributed by atoms with van der Waals surface area (Å²) >= 11 is 1.27. The molecule has 33 heavy (non-hydrogen) atoms. The summed E-state index contributed by atoms with van der Waals surface area (Å²) in [4.78, 5) is 35.9. The highest BCUT2D eigenvalue weighted by molar-refractivity contribution is 7.22. The van der Waals surface area contributed by atoms with Crippen LogP contribution in [0.4, 0.5) is 19.6 Å². The third kappa shape index (κ3) is 5.66. The van der Waals surface area contributed by atoms with Crippen molar-refractivity contribution >= 4 is 56.6 Å². The minimum Gasteiger partial charge on any atom is -0.312 e. The Hall–Kier alpha value is -2.62. The second-order valence-corrected chi connectivity index (χ2v) is 9.15. The molecule has 1 aliphatic heterocycles. The summed E-state index contributed by atoms with van der Waals surface area (Å²) in [6.07, 6.45) is 0.811. The minimum absolute atomic E-state index is 0. The van der Waals surface area contributed by atoms with E-state index >= 15 is 0 Å². The van der Waals surface area contributed by atoms with E-state index in [1.165, 1.54) is 52.6 Å². The summed E-state index contributed by atoms with van der Waals surface area (Å²) < 4.78 is 27.6. The normalized spacial score (nSPS) is 15.8. The first kappa shape index (κ1) is 25.0. The second-order valence-electron chi connectivity index (χ2n) is 8.14. The molecular formula is C23H25ClF2N4O2S. The molecule has 2 heterocycles. The standard InChI is InChI=1S/C23H24F2N4O2S.ClH/c1-27(2)10-3-11-28(23-26-19-9-6-17(25)13-20(19)32-23)22(31)15-12-21(30)29(14-15)18-7-4-16(24)5-8-18;/h4-9,13,15H,3,10-12,14H2,1-2H3;1H. The molecule has 10 heteroatoms. The molecule has 0 spiro atoms. The van der Waals surface area contributed by atoms with Crippen LogP contribution in [0.25, 0.3) is 10.2 Å². The first-order valence-corrected chi connectivity index (χ1v) is 11.2. The van der Waals surface area contributed by atoms with Crippen LogP contribution in [-0.4, -0.2) is 55.4 Å². The molecule has 0 radical (unpaired) electrons. The van der Waals surface area contributed by atoms with Crippen LogP contribution in [0.15, 0.2) is 42.5 Å². The Morgan fingerprint density at radius 1 is 1.12 bits per heavy atom. The van der Waals surface area contributed by atoms with Gasteiger partial charge in [0.05, 0.1) is 16.1 Å². The molecule has 1 fully saturated rings. The summed E-state index contributed by atoms with van der Waals surface area (Å²) in [6, 6.07) is 10.0. The second kappa shape index (κ2) is 10.5. The molecule has 2 amide bonds. The molecule has 3 aromatic rings. The van der Waals surface area contributed by atoms with Gasteiger partial charge in [0.15, 0.2) is 5.13 Å². The number of carbonyl (C=O) groups excluding carboxylic acids is 2. The first-order chi connectivity index (χ1) is 15.3. The number of benzene rings is 2. The Kier molecular flexibility index (Phi) is 7.99. The average molecular weight is 495 g/mol. The molecule has 0 aliphatic carbocycles. The average Bonchev–Trinajstić information content (AvgIpc) is 3.34. The van der Waals surface area contributed by atoms with Crippen LogP contribution in [0.2, 0.25) is 0 Å². The van der Waals surface area contributed by atoms with Crippen molar-refractivity contribution < 1.29 is 18.4 Å². The van der Waals surface area contributed by atoms with Crippen molar-refractivity contribution in [2.75, 3.05) is 43.5 Å². The van der Waals surface area contributed by atoms with E-state index in [1.54, 1.807) is 11.0 Å². The molecule has 176 valence electrons. The Balaban J connectivity index is 0.00000306. The summed E-state index contributed by atoms with van der Waals surface area (Å²) in [7, 11) is 3.92. The quantitative estimate of drug-likeness (QED) is 0.490. The first-order valence-electron chi connectivity index (χ1n) is 10.4. The van der Waals surface area contributed by atoms with E-state index in [9.17, 15) is 18.4 Å². The summed E-state index contributed by atoms with van der Waals surface area (Å²) in [5.41, 5.74) is 1.20. The zero-order valence-corrected chi connectivity index (χ0v) is 20.0. The van der Waals surface area contributed by atoms with E-state index in [0.29, 0.717) is 27.6 Å². The zero-order chi connectivity index (χ0) is 22.8. The zero-order valence-electron chi connectivity index (χ0n) is 18.3. The van der Waals surface area contributed by atoms with E-state index in [4.69, 9.17) is 0 Å². The lowest BCUT2D eigenvalue weighted by Crippen LogP contribution is -2.39. The van der Waals surface area contributed by atoms with Crippen LogP contribution in [0.3, 0.4) is 0 Å². The largest absolute Gasteiger partial charge is 0.312 e. The number of fused-ring (bicyclic) bond motifs is 1. The molecule has 1 saturated heterocycles. The van der Waals surface area contributed by atoms with Crippen LogP contribution in [0.1, 0.15) is 12.8 Å². The van der Waals surface area contributed by atoms with Crippen LogP contribution in [0.5, 0.6) is 0 Å². The maximum absolute atomic E-state index is 13.6. The van der Waals surface area contributed by atoms with Gasteiger partial charge in [-0.1, -0.05) is 11.3 Å². The van der Waals surface area contributed by atoms with Crippen molar-refractivity contribution in [3.05, 3.63) is 54.1 Å². The van der Waals surface area contributed by atoms with Crippen molar-refractivity contribution in [2.45, 2.75) is 12.8 Å². The number of amides is 2. The number of halogens is 3. The molecule has 1 unspecified atom stereocenters. The van der Waals surface area contributed by atoms with E-state index < -0.39 is 5.92 Å². The maximum atomic E-state index is 13.6. The predicted molar refractivity (Wildman–Crippen MR) is 129 cm³/mol. The number of aromatic nitrogens is 1. The van der Waals surface area contributed by atoms with Gasteiger partial charge < -0.3 is 9.80 Å². The maximum Gasteiger partial charge on any atom is 0.234 e. The Morgan fingerprint density at radius 3 is 2.52 bits per heavy atom. The van der Waals surface area contributed by atoms with Crippen molar-refractivity contribution in [1.29, 1.82) is 0 Å². The number of hydrogen-bond acceptors (Lipinski definition) is 5. The Morgan fingerprint density at radius 2 is 1.82 bits per heavy atom. The number of thiazole rings is 1. The van der Waals surface area contributed by atoms with Gasteiger partial charge in [0.1, 0.15) is 11.6 Å². The van der Waals surface area contributed by atoms with Crippen LogP contribution < -0.4 is 9.80 Å². The van der Waals surface area contributed by atoms with Crippen LogP contribution >= 0.6 is 23.7 Å². The number of hydrogen-bond donors (Lipinski definition) is 0. The molecule has 1 atom stereocenters. The predicted octanol–water partition coefficient (Wildman–Crippen LogP) is 4.33. The molecule has 4 rings (SSSR count). The smallest absolute Gasteiger partial charge is 0.234 e. The fourth-order valence-electron chi connectivity index (χ4n) is 3.81. The number of carbonyl (C=O) groups is 2. The van der Waals surface area contributed by atoms with E-state index in [2.05, 4.69) is 4.98 Å². The Bertz CT molecular complexity index is 1140. The number of nitrogens with zero attached hydrogens (tertiary/aromatic N) is 4. The lowest BCUT2D eigenvalue weighted by Gasteiger charge is -2.24. The van der Waals surface area contributed by atoms with Gasteiger partial charge in [-0.3, -0.25) is 14.5 Å². The van der Waals surface area contributed by atoms with E-state index in [1.807, 2.05) is 19.0 Å². The van der Waals surface area contributed by atoms with Gasteiger partial charge in [0.25, 0.3) is 0 Å². The molecule has 0 N–H and O–H groups in total. The highest BCUT2D eigenvalue weighted by Crippen LogP contribution is 2.33. The number of rotatable bonds is 7. The summed E-state index contributed by atoms with van der Waals surface area (Å²) in [5, 5.41) is 0.502. The molecule has 0 saturated carbocycles. The fourth-order valence-corrected chi connectivity index (χ4v) is 4.83. The van der Waals surface area contributed by atoms with Crippen LogP contribution in [-0.2, 0) is 9.59 Å². The minimum atomic E-state index is -0.532. The van der Waals surface area contributed by atoms with Gasteiger partial charge in [-0.05, 0) is 69.5 Å². The third-order valence-electron chi connectivity index (χ3n) is 5.44. The lowest BCUT2D eigenvalue weighted by molar-refractivity contribution is -0.124. The van der Waals surface area contributed by atoms with Gasteiger partial charge in [0, 0.05) is 25.2 Å². The van der Waals surface area contributed by atoms with Crippen LogP contribution in [0, 0.1) is 17.6 Å². The van der Waals surface area contributed by atoms with Gasteiger partial charge in [0.2, 0.25) is 11.8 Å². The van der Waals surface area contributed by atoms with Gasteiger partial charge in [-0.25, -0.2) is 13.8 Å². The summed E-state index contributed by atoms with van der Waals surface area (Å²) in [6.45, 7) is 1.46. The van der Waals surface area contributed by atoms with E-state index in [0.717, 1.165) is 13.0 Å². The van der Waals surface area contributed by atoms with Gasteiger partial charge in [-0.15, -0.1) is 12.4 Å². The van der Waals surface area contributed by atoms with Crippen molar-refractivity contribution in [3.63, 3.8) is 0 Å². The van der Waals surface area contributed by atoms with E-state index in [-0.39, 0.29) is 48.8 Å². The SMILES string of the molecule is CN(C)CCCN(C(=O)C1CC(=O)N(c2ccc(F)cc2)C1)c1nc2ccc(F)cc2s1.Cl. The number of anilines is 2. The van der Waals surface area contributed by atoms with Crippen molar-refractivity contribution in [3.8, 4) is 0 Å². The molecule has 0 bridgehead atoms. The third-order valence-corrected chi connectivity index (χ3v) is 6.48. The topological polar surface area (TPSA) is 56.8 Å². The lowest BCUT2D eigenvalue weighted by atomic mass is 10.1. The van der Waals surface area contributed by atoms with Crippen molar-refractivity contribution in [2.24, 2.45) is 5.92 Å². The monoisotopic (exact) mass is 494 g/mol. The highest BCUT2D eigenvalue weighted by atomic mass is 35.5. The molecule has 6 nitrogen and oxygen atoms in total.